The van der Waals surface area contributed by atoms with Crippen LogP contribution >= 0.6 is 11.8 Å². The molecule has 1 atom stereocenters. The number of hydrazine groups is 1. The van der Waals surface area contributed by atoms with E-state index in [1.54, 1.807) is 0 Å². The van der Waals surface area contributed by atoms with Crippen LogP contribution < -0.4 is 5.84 Å². The average Bonchev–Trinajstić information content (AvgIpc) is 1.94. The molecule has 0 saturated carbocycles. The van der Waals surface area contributed by atoms with Crippen LogP contribution in [0.4, 0.5) is 0 Å². The van der Waals surface area contributed by atoms with Gasteiger partial charge in [0.25, 0.3) is 0 Å². The second-order valence-corrected chi connectivity index (χ2v) is 3.64. The van der Waals surface area contributed by atoms with E-state index in [0.717, 1.165) is 18.7 Å². The van der Waals surface area contributed by atoms with Gasteiger partial charge in [0.15, 0.2) is 0 Å². The number of nitrogens with two attached hydrogens (primary N) is 1. The van der Waals surface area contributed by atoms with Gasteiger partial charge in [-0.2, -0.15) is 11.8 Å². The molecule has 1 fully saturated rings. The average molecular weight is 158 g/mol. The predicted molar refractivity (Wildman–Crippen MR) is 46.8 cm³/mol. The van der Waals surface area contributed by atoms with Crippen LogP contribution in [0.25, 0.3) is 0 Å². The Morgan fingerprint density at radius 1 is 1.80 bits per heavy atom. The molecule has 1 unspecified atom stereocenters. The quantitative estimate of drug-likeness (QED) is 0.477. The zero-order valence-electron chi connectivity index (χ0n) is 6.12. The van der Waals surface area contributed by atoms with Crippen LogP contribution in [-0.2, 0) is 0 Å². The van der Waals surface area contributed by atoms with E-state index in [1.807, 2.05) is 22.8 Å². The van der Waals surface area contributed by atoms with Crippen molar-refractivity contribution in [2.45, 2.75) is 12.5 Å². The van der Waals surface area contributed by atoms with Crippen LogP contribution in [0, 0.1) is 0 Å². The molecule has 1 heterocycles. The maximum Gasteiger partial charge on any atom is 0.0366 e. The molecule has 2 nitrogen and oxygen atoms in total. The first-order chi connectivity index (χ1) is 4.84. The largest absolute Gasteiger partial charge is 0.268 e. The Balaban J connectivity index is 2.32. The molecule has 1 aliphatic rings. The third kappa shape index (κ3) is 2.01. The molecule has 0 aliphatic carbocycles. The molecule has 0 amide bonds. The summed E-state index contributed by atoms with van der Waals surface area (Å²) >= 11 is 1.98. The van der Waals surface area contributed by atoms with E-state index in [2.05, 4.69) is 6.58 Å². The zero-order valence-corrected chi connectivity index (χ0v) is 6.94. The molecule has 3 heteroatoms. The minimum Gasteiger partial charge on any atom is -0.268 e. The smallest absolute Gasteiger partial charge is 0.0366 e. The second kappa shape index (κ2) is 4.01. The fourth-order valence-electron chi connectivity index (χ4n) is 1.06. The first kappa shape index (κ1) is 8.11. The standard InChI is InChI=1S/C7H14N2S/c1-2-3-7-6-10-5-4-9(7)8/h2,7H,1,3-6,8H2. The molecular weight excluding hydrogens is 144 g/mol. The van der Waals surface area contributed by atoms with Gasteiger partial charge in [0, 0.05) is 24.1 Å². The first-order valence-electron chi connectivity index (χ1n) is 3.54. The lowest BCUT2D eigenvalue weighted by atomic mass is 10.2. The summed E-state index contributed by atoms with van der Waals surface area (Å²) < 4.78 is 0. The minimum atomic E-state index is 0.524. The maximum absolute atomic E-state index is 5.74. The summed E-state index contributed by atoms with van der Waals surface area (Å²) in [6.07, 6.45) is 2.96. The van der Waals surface area contributed by atoms with Crippen molar-refractivity contribution in [2.24, 2.45) is 5.84 Å². The molecular formula is C7H14N2S. The van der Waals surface area contributed by atoms with Crippen LogP contribution in [0.1, 0.15) is 6.42 Å². The molecule has 0 aromatic heterocycles. The monoisotopic (exact) mass is 158 g/mol. The minimum absolute atomic E-state index is 0.524. The normalized spacial score (nSPS) is 28.3. The highest BCUT2D eigenvalue weighted by molar-refractivity contribution is 7.99. The third-order valence-electron chi connectivity index (χ3n) is 1.71. The Morgan fingerprint density at radius 3 is 3.20 bits per heavy atom. The fraction of sp³-hybridized carbons (Fsp3) is 0.714. The van der Waals surface area contributed by atoms with Crippen molar-refractivity contribution < 1.29 is 0 Å². The van der Waals surface area contributed by atoms with E-state index in [4.69, 9.17) is 5.84 Å². The lowest BCUT2D eigenvalue weighted by Gasteiger charge is -2.30. The molecule has 0 spiro atoms. The maximum atomic E-state index is 5.74. The molecule has 1 saturated heterocycles. The highest BCUT2D eigenvalue weighted by Gasteiger charge is 2.17. The number of hydrogen-bond donors (Lipinski definition) is 1. The van der Waals surface area contributed by atoms with Gasteiger partial charge in [-0.15, -0.1) is 6.58 Å². The predicted octanol–water partition coefficient (Wildman–Crippen LogP) is 0.854. The Labute approximate surface area is 66.4 Å². The number of nitrogens with zero attached hydrogens (tertiary/aromatic N) is 1. The van der Waals surface area contributed by atoms with E-state index >= 15 is 0 Å². The van der Waals surface area contributed by atoms with Gasteiger partial charge in [0.05, 0.1) is 0 Å². The second-order valence-electron chi connectivity index (χ2n) is 2.49. The van der Waals surface area contributed by atoms with E-state index in [0.29, 0.717) is 6.04 Å². The fourth-order valence-corrected chi connectivity index (χ4v) is 2.17. The Kier molecular flexibility index (Phi) is 3.25. The molecule has 10 heavy (non-hydrogen) atoms. The first-order valence-corrected chi connectivity index (χ1v) is 4.70. The van der Waals surface area contributed by atoms with Crippen molar-refractivity contribution in [3.63, 3.8) is 0 Å². The summed E-state index contributed by atoms with van der Waals surface area (Å²) in [6, 6.07) is 0.524. The van der Waals surface area contributed by atoms with Crippen molar-refractivity contribution in [1.82, 2.24) is 5.01 Å². The Morgan fingerprint density at radius 2 is 2.60 bits per heavy atom. The van der Waals surface area contributed by atoms with Gasteiger partial charge >= 0.3 is 0 Å². The summed E-state index contributed by atoms with van der Waals surface area (Å²) in [7, 11) is 0. The Bertz CT molecular complexity index is 116. The van der Waals surface area contributed by atoms with Crippen molar-refractivity contribution in [3.8, 4) is 0 Å². The molecule has 0 aromatic carbocycles. The SMILES string of the molecule is C=CCC1CSCCN1N. The van der Waals surface area contributed by atoms with Crippen LogP contribution in [0.2, 0.25) is 0 Å². The van der Waals surface area contributed by atoms with Gasteiger partial charge in [-0.1, -0.05) is 6.08 Å². The van der Waals surface area contributed by atoms with Crippen molar-refractivity contribution in [1.29, 1.82) is 0 Å². The van der Waals surface area contributed by atoms with Crippen LogP contribution in [0.5, 0.6) is 0 Å². The Hall–Kier alpha value is 0.01000. The van der Waals surface area contributed by atoms with Crippen LogP contribution in [0.3, 0.4) is 0 Å². The van der Waals surface area contributed by atoms with Crippen LogP contribution in [-0.4, -0.2) is 29.1 Å². The van der Waals surface area contributed by atoms with Crippen molar-refractivity contribution >= 4 is 11.8 Å². The number of thioether (sulfide) groups is 1. The summed E-state index contributed by atoms with van der Waals surface area (Å²) in [6.45, 7) is 4.71. The van der Waals surface area contributed by atoms with Gasteiger partial charge in [-0.05, 0) is 6.42 Å². The number of hydrogen-bond acceptors (Lipinski definition) is 3. The summed E-state index contributed by atoms with van der Waals surface area (Å²) in [5.41, 5.74) is 0. The molecule has 1 aliphatic heterocycles. The topological polar surface area (TPSA) is 29.3 Å². The van der Waals surface area contributed by atoms with Crippen molar-refractivity contribution in [2.75, 3.05) is 18.1 Å². The summed E-state index contributed by atoms with van der Waals surface area (Å²) in [5.74, 6) is 8.06. The molecule has 0 radical (unpaired) electrons. The lowest BCUT2D eigenvalue weighted by Crippen LogP contribution is -2.46. The highest BCUT2D eigenvalue weighted by Crippen LogP contribution is 2.15. The molecule has 58 valence electrons. The van der Waals surface area contributed by atoms with Crippen molar-refractivity contribution in [3.05, 3.63) is 12.7 Å². The van der Waals surface area contributed by atoms with Gasteiger partial charge < -0.3 is 0 Å². The van der Waals surface area contributed by atoms with Gasteiger partial charge in [0.2, 0.25) is 0 Å². The van der Waals surface area contributed by atoms with E-state index in [1.165, 1.54) is 5.75 Å². The lowest BCUT2D eigenvalue weighted by molar-refractivity contribution is 0.226. The van der Waals surface area contributed by atoms with Gasteiger partial charge in [-0.3, -0.25) is 5.84 Å². The van der Waals surface area contributed by atoms with Gasteiger partial charge in [0.1, 0.15) is 0 Å². The number of rotatable bonds is 2. The summed E-state index contributed by atoms with van der Waals surface area (Å²) in [5, 5.41) is 1.93. The highest BCUT2D eigenvalue weighted by atomic mass is 32.2. The van der Waals surface area contributed by atoms with E-state index in [9.17, 15) is 0 Å². The van der Waals surface area contributed by atoms with Gasteiger partial charge in [-0.25, -0.2) is 5.01 Å². The van der Waals surface area contributed by atoms with E-state index in [-0.39, 0.29) is 0 Å². The molecule has 1 rings (SSSR count). The summed E-state index contributed by atoms with van der Waals surface area (Å²) in [4.78, 5) is 0. The molecule has 0 aromatic rings. The molecule has 2 N–H and O–H groups in total. The van der Waals surface area contributed by atoms with Crippen LogP contribution in [0.15, 0.2) is 12.7 Å². The molecule has 0 bridgehead atoms. The zero-order chi connectivity index (χ0) is 7.40. The van der Waals surface area contributed by atoms with E-state index < -0.39 is 0 Å². The third-order valence-corrected chi connectivity index (χ3v) is 2.80.